The second-order valence-corrected chi connectivity index (χ2v) is 8.38. The number of nitrogens with zero attached hydrogens (tertiary/aromatic N) is 2. The molecular formula is C16H21N5O4S2. The number of amides is 1. The van der Waals surface area contributed by atoms with Crippen LogP contribution in [0.3, 0.4) is 0 Å². The van der Waals surface area contributed by atoms with Crippen molar-refractivity contribution in [3.63, 3.8) is 0 Å². The molecule has 0 saturated heterocycles. The first-order valence-corrected chi connectivity index (χ1v) is 10.3. The molecule has 1 heterocycles. The number of carbonyl (C=O) groups is 1. The molecule has 0 bridgehead atoms. The third-order valence-electron chi connectivity index (χ3n) is 4.21. The zero-order valence-corrected chi connectivity index (χ0v) is 16.6. The largest absolute Gasteiger partial charge is 0.497 e. The highest BCUT2D eigenvalue weighted by atomic mass is 32.2. The van der Waals surface area contributed by atoms with E-state index in [9.17, 15) is 13.2 Å². The molecule has 1 aliphatic rings. The minimum atomic E-state index is -3.83. The Morgan fingerprint density at radius 3 is 2.67 bits per heavy atom. The summed E-state index contributed by atoms with van der Waals surface area (Å²) in [4.78, 5) is 12.4. The summed E-state index contributed by atoms with van der Waals surface area (Å²) in [6.45, 7) is 1.64. The summed E-state index contributed by atoms with van der Waals surface area (Å²) in [6, 6.07) is 5.29. The summed E-state index contributed by atoms with van der Waals surface area (Å²) < 4.78 is 34.6. The van der Waals surface area contributed by atoms with E-state index in [-0.39, 0.29) is 11.4 Å². The molecule has 9 nitrogen and oxygen atoms in total. The maximum absolute atomic E-state index is 12.4. The van der Waals surface area contributed by atoms with Gasteiger partial charge in [-0.05, 0) is 56.2 Å². The van der Waals surface area contributed by atoms with Crippen LogP contribution >= 0.6 is 12.2 Å². The van der Waals surface area contributed by atoms with Gasteiger partial charge in [0.05, 0.1) is 24.6 Å². The lowest BCUT2D eigenvalue weighted by Crippen LogP contribution is -2.44. The number of sulfonamides is 1. The van der Waals surface area contributed by atoms with Crippen LogP contribution < -0.4 is 14.8 Å². The van der Waals surface area contributed by atoms with Gasteiger partial charge in [0.25, 0.3) is 0 Å². The van der Waals surface area contributed by atoms with Gasteiger partial charge >= 0.3 is 0 Å². The lowest BCUT2D eigenvalue weighted by atomic mass is 10.3. The Kier molecular flexibility index (Phi) is 5.63. The molecular weight excluding hydrogens is 390 g/mol. The summed E-state index contributed by atoms with van der Waals surface area (Å²) in [5.74, 6) is 0.716. The number of ether oxygens (including phenoxy) is 1. The van der Waals surface area contributed by atoms with E-state index in [2.05, 4.69) is 20.2 Å². The zero-order chi connectivity index (χ0) is 19.6. The van der Waals surface area contributed by atoms with Crippen molar-refractivity contribution in [2.45, 2.75) is 43.3 Å². The van der Waals surface area contributed by atoms with Crippen molar-refractivity contribution >= 4 is 28.1 Å². The SMILES string of the molecule is COc1ccc(S(=O)(=O)N[C@@H](C)C(=O)NCc2n[nH]c(=S)n2C2CC2)cc1. The van der Waals surface area contributed by atoms with Gasteiger partial charge in [0.1, 0.15) is 5.75 Å². The minimum absolute atomic E-state index is 0.0533. The molecule has 11 heteroatoms. The highest BCUT2D eigenvalue weighted by molar-refractivity contribution is 7.89. The summed E-state index contributed by atoms with van der Waals surface area (Å²) >= 11 is 5.20. The fourth-order valence-electron chi connectivity index (χ4n) is 2.60. The van der Waals surface area contributed by atoms with Crippen LogP contribution in [0.4, 0.5) is 0 Å². The molecule has 1 saturated carbocycles. The predicted octanol–water partition coefficient (Wildman–Crippen LogP) is 1.27. The van der Waals surface area contributed by atoms with Gasteiger partial charge in [-0.15, -0.1) is 0 Å². The van der Waals surface area contributed by atoms with E-state index in [4.69, 9.17) is 17.0 Å². The molecule has 0 aliphatic heterocycles. The van der Waals surface area contributed by atoms with E-state index in [1.807, 2.05) is 4.57 Å². The molecule has 1 aromatic heterocycles. The fourth-order valence-corrected chi connectivity index (χ4v) is 4.10. The fraction of sp³-hybridized carbons (Fsp3) is 0.438. The Hall–Kier alpha value is -2.24. The van der Waals surface area contributed by atoms with Crippen molar-refractivity contribution in [2.24, 2.45) is 0 Å². The number of methoxy groups -OCH3 is 1. The molecule has 3 rings (SSSR count). The van der Waals surface area contributed by atoms with E-state index < -0.39 is 22.0 Å². The number of nitrogens with one attached hydrogen (secondary N) is 3. The molecule has 1 amide bonds. The molecule has 0 unspecified atom stereocenters. The first kappa shape index (κ1) is 19.5. The van der Waals surface area contributed by atoms with E-state index in [0.29, 0.717) is 22.4 Å². The molecule has 27 heavy (non-hydrogen) atoms. The monoisotopic (exact) mass is 411 g/mol. The second kappa shape index (κ2) is 7.79. The van der Waals surface area contributed by atoms with Crippen LogP contribution in [0.5, 0.6) is 5.75 Å². The highest BCUT2D eigenvalue weighted by Crippen LogP contribution is 2.35. The van der Waals surface area contributed by atoms with Gasteiger partial charge in [-0.25, -0.2) is 8.42 Å². The normalized spacial score (nSPS) is 15.3. The second-order valence-electron chi connectivity index (χ2n) is 6.28. The number of hydrogen-bond acceptors (Lipinski definition) is 6. The van der Waals surface area contributed by atoms with Crippen molar-refractivity contribution in [1.82, 2.24) is 24.8 Å². The van der Waals surface area contributed by atoms with Gasteiger partial charge in [-0.2, -0.15) is 9.82 Å². The standard InChI is InChI=1S/C16H21N5O4S2/c1-10(20-27(23,24)13-7-5-12(25-2)6-8-13)15(22)17-9-14-18-19-16(26)21(14)11-3-4-11/h5-8,10-11,20H,3-4,9H2,1-2H3,(H,17,22)(H,19,26)/t10-/m0/s1. The summed E-state index contributed by atoms with van der Waals surface area (Å²) in [5.41, 5.74) is 0. The lowest BCUT2D eigenvalue weighted by Gasteiger charge is -2.15. The summed E-state index contributed by atoms with van der Waals surface area (Å²) in [5, 5.41) is 9.54. The molecule has 1 atom stereocenters. The molecule has 3 N–H and O–H groups in total. The van der Waals surface area contributed by atoms with Crippen molar-refractivity contribution in [1.29, 1.82) is 0 Å². The Balaban J connectivity index is 1.60. The summed E-state index contributed by atoms with van der Waals surface area (Å²) in [7, 11) is -2.33. The van der Waals surface area contributed by atoms with E-state index in [0.717, 1.165) is 12.8 Å². The molecule has 0 spiro atoms. The van der Waals surface area contributed by atoms with Crippen molar-refractivity contribution in [3.05, 3.63) is 34.9 Å². The molecule has 2 aromatic rings. The molecule has 1 aromatic carbocycles. The predicted molar refractivity (Wildman–Crippen MR) is 100 cm³/mol. The zero-order valence-electron chi connectivity index (χ0n) is 14.9. The van der Waals surface area contributed by atoms with Crippen LogP contribution in [-0.2, 0) is 21.4 Å². The Bertz CT molecular complexity index is 977. The lowest BCUT2D eigenvalue weighted by molar-refractivity contribution is -0.122. The number of aromatic nitrogens is 3. The topological polar surface area (TPSA) is 118 Å². The molecule has 1 fully saturated rings. The van der Waals surface area contributed by atoms with E-state index >= 15 is 0 Å². The van der Waals surface area contributed by atoms with Crippen LogP contribution in [-0.4, -0.2) is 42.2 Å². The maximum Gasteiger partial charge on any atom is 0.241 e. The Morgan fingerprint density at radius 1 is 1.41 bits per heavy atom. The van der Waals surface area contributed by atoms with Crippen LogP contribution in [0.2, 0.25) is 0 Å². The van der Waals surface area contributed by atoms with Crippen LogP contribution in [0, 0.1) is 4.77 Å². The average Bonchev–Trinajstić information content (AvgIpc) is 3.41. The van der Waals surface area contributed by atoms with Gasteiger partial charge in [-0.1, -0.05) is 0 Å². The quantitative estimate of drug-likeness (QED) is 0.563. The summed E-state index contributed by atoms with van der Waals surface area (Å²) in [6.07, 6.45) is 2.07. The molecule has 146 valence electrons. The average molecular weight is 412 g/mol. The maximum atomic E-state index is 12.4. The Morgan fingerprint density at radius 2 is 2.07 bits per heavy atom. The van der Waals surface area contributed by atoms with Crippen molar-refractivity contribution < 1.29 is 17.9 Å². The van der Waals surface area contributed by atoms with Gasteiger partial charge < -0.3 is 10.1 Å². The number of benzene rings is 1. The van der Waals surface area contributed by atoms with E-state index in [1.165, 1.54) is 26.2 Å². The van der Waals surface area contributed by atoms with Crippen LogP contribution in [0.25, 0.3) is 0 Å². The first-order valence-electron chi connectivity index (χ1n) is 8.41. The molecule has 1 aliphatic carbocycles. The number of hydrogen-bond donors (Lipinski definition) is 3. The number of aromatic amines is 1. The van der Waals surface area contributed by atoms with Crippen LogP contribution in [0.15, 0.2) is 29.2 Å². The van der Waals surface area contributed by atoms with Gasteiger partial charge in [-0.3, -0.25) is 14.5 Å². The van der Waals surface area contributed by atoms with Gasteiger partial charge in [0, 0.05) is 6.04 Å². The van der Waals surface area contributed by atoms with Crippen LogP contribution in [0.1, 0.15) is 31.6 Å². The third kappa shape index (κ3) is 4.54. The first-order chi connectivity index (χ1) is 12.8. The number of carbonyl (C=O) groups excluding carboxylic acids is 1. The van der Waals surface area contributed by atoms with E-state index in [1.54, 1.807) is 12.1 Å². The van der Waals surface area contributed by atoms with Crippen molar-refractivity contribution in [3.8, 4) is 5.75 Å². The molecule has 0 radical (unpaired) electrons. The van der Waals surface area contributed by atoms with Crippen molar-refractivity contribution in [2.75, 3.05) is 7.11 Å². The Labute approximate surface area is 162 Å². The minimum Gasteiger partial charge on any atom is -0.497 e. The number of H-pyrrole nitrogens is 1. The smallest absolute Gasteiger partial charge is 0.241 e. The number of rotatable bonds is 8. The highest BCUT2D eigenvalue weighted by Gasteiger charge is 2.28. The van der Waals surface area contributed by atoms with Gasteiger partial charge in [0.2, 0.25) is 15.9 Å². The third-order valence-corrected chi connectivity index (χ3v) is 6.05. The van der Waals surface area contributed by atoms with Gasteiger partial charge in [0.15, 0.2) is 10.6 Å².